The maximum atomic E-state index is 14.5. The first-order valence-corrected chi connectivity index (χ1v) is 9.60. The molecule has 4 rings (SSSR count). The van der Waals surface area contributed by atoms with E-state index in [0.29, 0.717) is 23.6 Å². The van der Waals surface area contributed by atoms with Gasteiger partial charge in [0.05, 0.1) is 24.2 Å². The average Bonchev–Trinajstić information content (AvgIpc) is 3.04. The number of alkyl halides is 5. The fourth-order valence-corrected chi connectivity index (χ4v) is 4.01. The summed E-state index contributed by atoms with van der Waals surface area (Å²) >= 11 is 0. The molecular weight excluding hydrogens is 407 g/mol. The van der Waals surface area contributed by atoms with E-state index >= 15 is 0 Å². The van der Waals surface area contributed by atoms with Gasteiger partial charge in [-0.15, -0.1) is 0 Å². The van der Waals surface area contributed by atoms with Gasteiger partial charge in [-0.1, -0.05) is 6.08 Å². The first-order chi connectivity index (χ1) is 14.1. The van der Waals surface area contributed by atoms with Crippen LogP contribution in [0.1, 0.15) is 12.2 Å². The maximum Gasteiger partial charge on any atom is 0.414 e. The molecule has 2 aliphatic rings. The highest BCUT2D eigenvalue weighted by Gasteiger charge is 2.50. The molecule has 0 radical (unpaired) electrons. The molecule has 0 amide bonds. The van der Waals surface area contributed by atoms with Crippen molar-refractivity contribution in [1.82, 2.24) is 10.2 Å². The van der Waals surface area contributed by atoms with E-state index in [1.807, 2.05) is 0 Å². The molecule has 1 N–H and O–H groups in total. The predicted octanol–water partition coefficient (Wildman–Crippen LogP) is 4.80. The molecular formula is C21H21F5N2O2. The van der Waals surface area contributed by atoms with Crippen LogP contribution in [-0.4, -0.2) is 48.8 Å². The van der Waals surface area contributed by atoms with Gasteiger partial charge in [0.2, 0.25) is 0 Å². The van der Waals surface area contributed by atoms with Gasteiger partial charge in [-0.3, -0.25) is 0 Å². The third-order valence-electron chi connectivity index (χ3n) is 5.40. The zero-order valence-electron chi connectivity index (χ0n) is 16.2. The number of allylic oxidation sites excluding steroid dienone is 2. The first kappa shape index (κ1) is 20.7. The number of piperidine rings is 1. The number of ether oxygens (including phenoxy) is 1. The van der Waals surface area contributed by atoms with Gasteiger partial charge in [-0.25, -0.2) is 8.78 Å². The Labute approximate surface area is 170 Å². The van der Waals surface area contributed by atoms with E-state index < -0.39 is 42.9 Å². The highest BCUT2D eigenvalue weighted by atomic mass is 19.4. The number of nitrogens with one attached hydrogen (secondary N) is 1. The van der Waals surface area contributed by atoms with Gasteiger partial charge >= 0.3 is 6.18 Å². The molecule has 3 heterocycles. The lowest BCUT2D eigenvalue weighted by molar-refractivity contribution is -0.121. The number of benzene rings is 1. The summed E-state index contributed by atoms with van der Waals surface area (Å²) in [5.74, 6) is -2.13. The normalized spacial score (nSPS) is 24.2. The molecule has 2 atom stereocenters. The van der Waals surface area contributed by atoms with E-state index in [1.165, 1.54) is 6.20 Å². The van der Waals surface area contributed by atoms with E-state index in [4.69, 9.17) is 9.15 Å². The van der Waals surface area contributed by atoms with Crippen molar-refractivity contribution in [1.29, 1.82) is 0 Å². The monoisotopic (exact) mass is 428 g/mol. The average molecular weight is 428 g/mol. The van der Waals surface area contributed by atoms with Crippen LogP contribution < -0.4 is 10.1 Å². The van der Waals surface area contributed by atoms with Crippen LogP contribution in [0.25, 0.3) is 11.0 Å². The minimum absolute atomic E-state index is 0.0270. The number of fused-ring (bicyclic) bond motifs is 1. The second kappa shape index (κ2) is 7.61. The molecule has 1 aromatic carbocycles. The minimum atomic E-state index is -4.66. The third-order valence-corrected chi connectivity index (χ3v) is 5.40. The van der Waals surface area contributed by atoms with E-state index in [0.717, 1.165) is 22.4 Å². The summed E-state index contributed by atoms with van der Waals surface area (Å²) in [6.45, 7) is 1.10. The van der Waals surface area contributed by atoms with E-state index in [2.05, 4.69) is 5.32 Å². The van der Waals surface area contributed by atoms with Crippen molar-refractivity contribution in [3.63, 3.8) is 0 Å². The predicted molar refractivity (Wildman–Crippen MR) is 102 cm³/mol. The van der Waals surface area contributed by atoms with Crippen LogP contribution >= 0.6 is 0 Å². The fourth-order valence-electron chi connectivity index (χ4n) is 4.01. The lowest BCUT2D eigenvalue weighted by Gasteiger charge is -2.45. The molecule has 0 aliphatic carbocycles. The number of furan rings is 1. The number of hydrogen-bond acceptors (Lipinski definition) is 4. The third kappa shape index (κ3) is 4.03. The van der Waals surface area contributed by atoms with Crippen molar-refractivity contribution in [3.05, 3.63) is 54.0 Å². The van der Waals surface area contributed by atoms with Gasteiger partial charge in [0, 0.05) is 11.6 Å². The smallest absolute Gasteiger partial charge is 0.414 e. The molecule has 30 heavy (non-hydrogen) atoms. The lowest BCUT2D eigenvalue weighted by Crippen LogP contribution is -2.60. The van der Waals surface area contributed by atoms with E-state index in [9.17, 15) is 22.0 Å². The van der Waals surface area contributed by atoms with E-state index in [-0.39, 0.29) is 6.42 Å². The van der Waals surface area contributed by atoms with Gasteiger partial charge in [0.15, 0.2) is 0 Å². The summed E-state index contributed by atoms with van der Waals surface area (Å²) in [7, 11) is 0. The molecule has 2 unspecified atom stereocenters. The lowest BCUT2D eigenvalue weighted by atomic mass is 9.94. The van der Waals surface area contributed by atoms with Crippen molar-refractivity contribution >= 4 is 11.0 Å². The molecule has 1 saturated heterocycles. The van der Waals surface area contributed by atoms with Crippen LogP contribution in [0.5, 0.6) is 5.75 Å². The largest absolute Gasteiger partial charge is 0.491 e. The zero-order chi connectivity index (χ0) is 21.5. The summed E-state index contributed by atoms with van der Waals surface area (Å²) in [5, 5.41) is 3.35. The van der Waals surface area contributed by atoms with Gasteiger partial charge < -0.3 is 19.4 Å². The van der Waals surface area contributed by atoms with Crippen LogP contribution in [-0.2, 0) is 0 Å². The van der Waals surface area contributed by atoms with Crippen LogP contribution in [0.15, 0.2) is 52.6 Å². The van der Waals surface area contributed by atoms with Crippen molar-refractivity contribution in [3.8, 4) is 5.75 Å². The molecule has 1 aromatic heterocycles. The molecule has 0 saturated carbocycles. The molecule has 0 bridgehead atoms. The van der Waals surface area contributed by atoms with Crippen molar-refractivity contribution in [2.45, 2.75) is 37.5 Å². The molecule has 9 heteroatoms. The number of rotatable bonds is 4. The topological polar surface area (TPSA) is 37.6 Å². The summed E-state index contributed by atoms with van der Waals surface area (Å²) < 4.78 is 81.1. The second-order valence-electron chi connectivity index (χ2n) is 7.53. The number of nitrogens with zero attached hydrogens (tertiary/aromatic N) is 1. The van der Waals surface area contributed by atoms with Crippen LogP contribution in [0.2, 0.25) is 0 Å². The van der Waals surface area contributed by atoms with Crippen molar-refractivity contribution < 1.29 is 31.1 Å². The molecule has 2 aliphatic heterocycles. The Hall–Kier alpha value is -2.55. The fraction of sp³-hybridized carbons (Fsp3) is 0.429. The Morgan fingerprint density at radius 1 is 1.27 bits per heavy atom. The highest BCUT2D eigenvalue weighted by Crippen LogP contribution is 2.38. The Bertz CT molecular complexity index is 979. The highest BCUT2D eigenvalue weighted by molar-refractivity contribution is 5.79. The minimum Gasteiger partial charge on any atom is -0.491 e. The first-order valence-electron chi connectivity index (χ1n) is 9.60. The Morgan fingerprint density at radius 2 is 2.07 bits per heavy atom. The number of aryl methyl sites for hydroxylation is 1. The molecule has 1 fully saturated rings. The molecule has 2 aromatic rings. The molecule has 0 spiro atoms. The molecule has 162 valence electrons. The Kier molecular flexibility index (Phi) is 5.25. The van der Waals surface area contributed by atoms with Gasteiger partial charge in [0.25, 0.3) is 5.92 Å². The van der Waals surface area contributed by atoms with Crippen molar-refractivity contribution in [2.75, 3.05) is 19.7 Å². The Morgan fingerprint density at radius 3 is 2.80 bits per heavy atom. The summed E-state index contributed by atoms with van der Waals surface area (Å²) in [6, 6.07) is 3.96. The quantitative estimate of drug-likeness (QED) is 0.710. The summed E-state index contributed by atoms with van der Waals surface area (Å²) in [4.78, 5) is 1.10. The van der Waals surface area contributed by atoms with Crippen LogP contribution in [0.3, 0.4) is 0 Å². The van der Waals surface area contributed by atoms with Crippen LogP contribution in [0.4, 0.5) is 22.0 Å². The Balaban J connectivity index is 1.60. The second-order valence-corrected chi connectivity index (χ2v) is 7.53. The van der Waals surface area contributed by atoms with Gasteiger partial charge in [0.1, 0.15) is 23.7 Å². The van der Waals surface area contributed by atoms with Gasteiger partial charge in [-0.2, -0.15) is 13.2 Å². The zero-order valence-corrected chi connectivity index (χ0v) is 16.2. The van der Waals surface area contributed by atoms with Gasteiger partial charge in [-0.05, 0) is 50.2 Å². The number of halogens is 5. The number of hydrogen-bond donors (Lipinski definition) is 1. The summed E-state index contributed by atoms with van der Waals surface area (Å²) in [6.07, 6.45) is -1.25. The summed E-state index contributed by atoms with van der Waals surface area (Å²) in [5.41, 5.74) is -0.271. The molecule has 4 nitrogen and oxygen atoms in total. The standard InChI is InChI=1S/C21H21F5N2O2/c1-13-9-14-10-15(4-5-18(14)30-13)29-11-17-16(21(24,25)26)3-2-8-28(17)19-6-7-27-12-20(19,22)23/h2-5,8-10,17,19,27H,6-7,11-12H2,1H3. The van der Waals surface area contributed by atoms with Crippen LogP contribution in [0, 0.1) is 6.92 Å². The maximum absolute atomic E-state index is 14.5. The van der Waals surface area contributed by atoms with E-state index in [1.54, 1.807) is 31.2 Å². The van der Waals surface area contributed by atoms with Crippen molar-refractivity contribution in [2.24, 2.45) is 0 Å². The SMILES string of the molecule is Cc1cc2cc(OCC3C(C(F)(F)F)=CC=CN3C3CCNCC3(F)F)ccc2o1.